The second-order valence-corrected chi connectivity index (χ2v) is 6.00. The highest BCUT2D eigenvalue weighted by molar-refractivity contribution is 6.10. The third kappa shape index (κ3) is 2.74. The molecule has 0 radical (unpaired) electrons. The highest BCUT2D eigenvalue weighted by Crippen LogP contribution is 2.22. The van der Waals surface area contributed by atoms with Gasteiger partial charge in [0.1, 0.15) is 0 Å². The molecule has 3 atom stereocenters. The fourth-order valence-corrected chi connectivity index (χ4v) is 3.20. The van der Waals surface area contributed by atoms with Crippen molar-refractivity contribution in [2.45, 2.75) is 39.0 Å². The van der Waals surface area contributed by atoms with Crippen molar-refractivity contribution in [3.05, 3.63) is 36.0 Å². The van der Waals surface area contributed by atoms with Crippen LogP contribution in [-0.4, -0.2) is 47.0 Å². The predicted octanol–water partition coefficient (Wildman–Crippen LogP) is 2.85. The van der Waals surface area contributed by atoms with Gasteiger partial charge in [0, 0.05) is 35.8 Å². The largest absolute Gasteiger partial charge is 0.373 e. The van der Waals surface area contributed by atoms with Crippen molar-refractivity contribution in [3.63, 3.8) is 0 Å². The van der Waals surface area contributed by atoms with Crippen molar-refractivity contribution in [3.8, 4) is 0 Å². The number of Topliss-reactive ketones (excluding diaryl/α,β-unsaturated/α-hetero) is 1. The van der Waals surface area contributed by atoms with Crippen molar-refractivity contribution in [1.29, 1.82) is 0 Å². The number of hydrogen-bond donors (Lipinski definition) is 1. The molecule has 0 saturated carbocycles. The molecule has 1 N–H and O–H groups in total. The Morgan fingerprint density at radius 1 is 1.29 bits per heavy atom. The van der Waals surface area contributed by atoms with Crippen LogP contribution in [0.2, 0.25) is 0 Å². The quantitative estimate of drug-likeness (QED) is 0.883. The number of rotatable bonds is 3. The number of ketones is 1. The first kappa shape index (κ1) is 14.3. The first-order chi connectivity index (χ1) is 10.1. The molecule has 112 valence electrons. The van der Waals surface area contributed by atoms with E-state index in [-0.39, 0.29) is 24.0 Å². The molecule has 0 amide bonds. The van der Waals surface area contributed by atoms with E-state index in [0.29, 0.717) is 0 Å². The van der Waals surface area contributed by atoms with Crippen molar-refractivity contribution in [1.82, 2.24) is 9.88 Å². The van der Waals surface area contributed by atoms with Gasteiger partial charge in [-0.1, -0.05) is 18.2 Å². The van der Waals surface area contributed by atoms with E-state index >= 15 is 0 Å². The molecule has 1 aromatic heterocycles. The minimum absolute atomic E-state index is 0.127. The molecule has 2 aromatic rings. The van der Waals surface area contributed by atoms with Gasteiger partial charge in [-0.3, -0.25) is 9.69 Å². The minimum Gasteiger partial charge on any atom is -0.373 e. The van der Waals surface area contributed by atoms with Gasteiger partial charge in [-0.15, -0.1) is 0 Å². The van der Waals surface area contributed by atoms with Gasteiger partial charge in [0.25, 0.3) is 0 Å². The average molecular weight is 286 g/mol. The maximum atomic E-state index is 12.8. The number of fused-ring (bicyclic) bond motifs is 1. The Morgan fingerprint density at radius 3 is 2.67 bits per heavy atom. The molecule has 2 heterocycles. The van der Waals surface area contributed by atoms with E-state index in [1.165, 1.54) is 0 Å². The lowest BCUT2D eigenvalue weighted by atomic mass is 10.0. The van der Waals surface area contributed by atoms with E-state index in [9.17, 15) is 4.79 Å². The fraction of sp³-hybridized carbons (Fsp3) is 0.471. The number of morpholine rings is 1. The van der Waals surface area contributed by atoms with Crippen molar-refractivity contribution in [2.75, 3.05) is 13.1 Å². The molecule has 0 aliphatic carbocycles. The molecular weight excluding hydrogens is 264 g/mol. The Balaban J connectivity index is 1.84. The first-order valence-corrected chi connectivity index (χ1v) is 7.56. The fourth-order valence-electron chi connectivity index (χ4n) is 3.20. The lowest BCUT2D eigenvalue weighted by Gasteiger charge is -2.38. The number of aromatic nitrogens is 1. The van der Waals surface area contributed by atoms with Gasteiger partial charge in [-0.2, -0.15) is 0 Å². The highest BCUT2D eigenvalue weighted by Gasteiger charge is 2.30. The molecule has 1 aromatic carbocycles. The average Bonchev–Trinajstić information content (AvgIpc) is 2.88. The predicted molar refractivity (Wildman–Crippen MR) is 83.7 cm³/mol. The Bertz CT molecular complexity index is 639. The molecule has 1 aliphatic heterocycles. The number of ether oxygens (including phenoxy) is 1. The summed E-state index contributed by atoms with van der Waals surface area (Å²) in [7, 11) is 0. The van der Waals surface area contributed by atoms with Crippen LogP contribution < -0.4 is 0 Å². The molecular formula is C17H22N2O2. The van der Waals surface area contributed by atoms with Gasteiger partial charge < -0.3 is 9.72 Å². The van der Waals surface area contributed by atoms with Crippen LogP contribution in [0.15, 0.2) is 30.5 Å². The lowest BCUT2D eigenvalue weighted by Crippen LogP contribution is -2.51. The summed E-state index contributed by atoms with van der Waals surface area (Å²) in [5, 5.41) is 1.00. The summed E-state index contributed by atoms with van der Waals surface area (Å²) in [6.45, 7) is 7.73. The van der Waals surface area contributed by atoms with Crippen LogP contribution in [0.3, 0.4) is 0 Å². The Morgan fingerprint density at radius 2 is 1.95 bits per heavy atom. The van der Waals surface area contributed by atoms with E-state index in [1.54, 1.807) is 0 Å². The molecule has 4 heteroatoms. The number of nitrogens with one attached hydrogen (secondary N) is 1. The number of aromatic amines is 1. The summed E-state index contributed by atoms with van der Waals surface area (Å²) in [4.78, 5) is 18.2. The van der Waals surface area contributed by atoms with Gasteiger partial charge >= 0.3 is 0 Å². The van der Waals surface area contributed by atoms with Gasteiger partial charge in [0.2, 0.25) is 0 Å². The van der Waals surface area contributed by atoms with Crippen LogP contribution in [0.1, 0.15) is 31.1 Å². The number of hydrogen-bond acceptors (Lipinski definition) is 3. The van der Waals surface area contributed by atoms with Crippen LogP contribution in [0.4, 0.5) is 0 Å². The Hall–Kier alpha value is -1.65. The molecule has 0 spiro atoms. The summed E-state index contributed by atoms with van der Waals surface area (Å²) in [5.74, 6) is 0.175. The number of carbonyl (C=O) groups excluding carboxylic acids is 1. The summed E-state index contributed by atoms with van der Waals surface area (Å²) in [6, 6.07) is 7.81. The lowest BCUT2D eigenvalue weighted by molar-refractivity contribution is -0.0744. The molecule has 1 aliphatic rings. The third-order valence-electron chi connectivity index (χ3n) is 4.23. The normalized spacial score (nSPS) is 25.1. The molecule has 3 rings (SSSR count). The van der Waals surface area contributed by atoms with Crippen molar-refractivity contribution >= 4 is 16.7 Å². The monoisotopic (exact) mass is 286 g/mol. The van der Waals surface area contributed by atoms with Gasteiger partial charge in [0.05, 0.1) is 18.2 Å². The Kier molecular flexibility index (Phi) is 3.83. The van der Waals surface area contributed by atoms with Crippen LogP contribution in [0.25, 0.3) is 10.9 Å². The number of carbonyl (C=O) groups is 1. The topological polar surface area (TPSA) is 45.3 Å². The summed E-state index contributed by atoms with van der Waals surface area (Å²) < 4.78 is 5.75. The maximum absolute atomic E-state index is 12.8. The van der Waals surface area contributed by atoms with Crippen LogP contribution >= 0.6 is 0 Å². The maximum Gasteiger partial charge on any atom is 0.181 e. The molecule has 1 saturated heterocycles. The van der Waals surface area contributed by atoms with Crippen molar-refractivity contribution < 1.29 is 9.53 Å². The standard InChI is InChI=1S/C17H22N2O2/c1-11-9-19(10-12(2)21-11)13(3)17(20)15-8-18-16-7-5-4-6-14(15)16/h4-8,11-13,18H,9-10H2,1-3H3/t11-,12-,13-/m0/s1. The first-order valence-electron chi connectivity index (χ1n) is 7.56. The molecule has 1 fully saturated rings. The van der Waals surface area contributed by atoms with Gasteiger partial charge in [-0.25, -0.2) is 0 Å². The number of para-hydroxylation sites is 1. The van der Waals surface area contributed by atoms with E-state index in [0.717, 1.165) is 29.6 Å². The third-order valence-corrected chi connectivity index (χ3v) is 4.23. The van der Waals surface area contributed by atoms with Crippen molar-refractivity contribution in [2.24, 2.45) is 0 Å². The summed E-state index contributed by atoms with van der Waals surface area (Å²) in [6.07, 6.45) is 2.18. The van der Waals surface area contributed by atoms with Gasteiger partial charge in [-0.05, 0) is 26.8 Å². The second-order valence-electron chi connectivity index (χ2n) is 6.00. The second kappa shape index (κ2) is 5.62. The van der Waals surface area contributed by atoms with Gasteiger partial charge in [0.15, 0.2) is 5.78 Å². The minimum atomic E-state index is -0.127. The van der Waals surface area contributed by atoms with E-state index < -0.39 is 0 Å². The number of benzene rings is 1. The SMILES string of the molecule is C[C@H]1CN([C@@H](C)C(=O)c2c[nH]c3ccccc23)C[C@H](C)O1. The summed E-state index contributed by atoms with van der Waals surface area (Å²) in [5.41, 5.74) is 1.79. The van der Waals surface area contributed by atoms with Crippen LogP contribution in [0.5, 0.6) is 0 Å². The van der Waals surface area contributed by atoms with E-state index in [2.05, 4.69) is 23.7 Å². The van der Waals surface area contributed by atoms with E-state index in [1.807, 2.05) is 37.4 Å². The van der Waals surface area contributed by atoms with E-state index in [4.69, 9.17) is 4.74 Å². The smallest absolute Gasteiger partial charge is 0.181 e. The zero-order chi connectivity index (χ0) is 15.0. The zero-order valence-corrected chi connectivity index (χ0v) is 12.8. The highest BCUT2D eigenvalue weighted by atomic mass is 16.5. The molecule has 0 bridgehead atoms. The molecule has 0 unspecified atom stereocenters. The zero-order valence-electron chi connectivity index (χ0n) is 12.8. The molecule has 21 heavy (non-hydrogen) atoms. The molecule has 4 nitrogen and oxygen atoms in total. The Labute approximate surface area is 125 Å². The number of H-pyrrole nitrogens is 1. The van der Waals surface area contributed by atoms with Crippen LogP contribution in [0, 0.1) is 0 Å². The van der Waals surface area contributed by atoms with Crippen LogP contribution in [-0.2, 0) is 4.74 Å². The number of nitrogens with zero attached hydrogens (tertiary/aromatic N) is 1. The summed E-state index contributed by atoms with van der Waals surface area (Å²) >= 11 is 0.